The van der Waals surface area contributed by atoms with E-state index < -0.39 is 11.7 Å². The molecule has 154 valence electrons. The van der Waals surface area contributed by atoms with Crippen molar-refractivity contribution in [3.05, 3.63) is 77.4 Å². The highest BCUT2D eigenvalue weighted by Gasteiger charge is 2.15. The number of nitrogens with zero attached hydrogens (tertiary/aromatic N) is 2. The minimum atomic E-state index is -0.695. The first kappa shape index (κ1) is 20.9. The number of carbonyl (C=O) groups is 2. The molecule has 2 aromatic carbocycles. The average molecular weight is 408 g/mol. The highest BCUT2D eigenvalue weighted by molar-refractivity contribution is 5.95. The summed E-state index contributed by atoms with van der Waals surface area (Å²) in [4.78, 5) is 32.1. The number of aryl methyl sites for hydroxylation is 1. The number of anilines is 1. The Kier molecular flexibility index (Phi) is 6.69. The molecule has 1 heterocycles. The molecule has 0 radical (unpaired) electrons. The number of ether oxygens (including phenoxy) is 1. The standard InChI is InChI=1S/C22H21FN4O3/c1-30-19(28)10-8-16-13-25-21(24)20(27-16)15-7-9-17(18(23)11-15)22(29)26-12-14-5-3-2-4-6-14/h2-7,9,11,13H,8,10,12H2,1H3,(H2,24,25)(H,26,29). The van der Waals surface area contributed by atoms with Crippen LogP contribution >= 0.6 is 0 Å². The van der Waals surface area contributed by atoms with E-state index >= 15 is 0 Å². The number of halogens is 1. The van der Waals surface area contributed by atoms with Gasteiger partial charge in [0.05, 0.1) is 31.0 Å². The molecule has 3 N–H and O–H groups in total. The zero-order chi connectivity index (χ0) is 21.5. The van der Waals surface area contributed by atoms with E-state index in [0.29, 0.717) is 24.2 Å². The van der Waals surface area contributed by atoms with E-state index in [4.69, 9.17) is 5.73 Å². The SMILES string of the molecule is COC(=O)CCc1cnc(N)c(-c2ccc(C(=O)NCc3ccccc3)c(F)c2)n1. The van der Waals surface area contributed by atoms with Crippen molar-refractivity contribution in [1.82, 2.24) is 15.3 Å². The van der Waals surface area contributed by atoms with Crippen LogP contribution in [0.5, 0.6) is 0 Å². The molecule has 3 rings (SSSR count). The summed E-state index contributed by atoms with van der Waals surface area (Å²) < 4.78 is 19.2. The summed E-state index contributed by atoms with van der Waals surface area (Å²) in [5, 5.41) is 2.69. The zero-order valence-electron chi connectivity index (χ0n) is 16.4. The van der Waals surface area contributed by atoms with Gasteiger partial charge in [0.25, 0.3) is 5.91 Å². The summed E-state index contributed by atoms with van der Waals surface area (Å²) in [5.41, 5.74) is 7.92. The summed E-state index contributed by atoms with van der Waals surface area (Å²) in [6.07, 6.45) is 1.92. The topological polar surface area (TPSA) is 107 Å². The molecule has 0 saturated carbocycles. The number of rotatable bonds is 7. The van der Waals surface area contributed by atoms with Crippen LogP contribution in [0.25, 0.3) is 11.3 Å². The van der Waals surface area contributed by atoms with E-state index in [9.17, 15) is 14.0 Å². The van der Waals surface area contributed by atoms with Gasteiger partial charge in [0, 0.05) is 18.5 Å². The van der Waals surface area contributed by atoms with Crippen LogP contribution in [0, 0.1) is 5.82 Å². The van der Waals surface area contributed by atoms with Crippen molar-refractivity contribution < 1.29 is 18.7 Å². The number of benzene rings is 2. The maximum Gasteiger partial charge on any atom is 0.305 e. The second kappa shape index (κ2) is 9.60. The number of aromatic nitrogens is 2. The van der Waals surface area contributed by atoms with Gasteiger partial charge in [0.1, 0.15) is 17.3 Å². The second-order valence-electron chi connectivity index (χ2n) is 6.53. The van der Waals surface area contributed by atoms with Crippen molar-refractivity contribution in [3.63, 3.8) is 0 Å². The molecule has 0 aliphatic rings. The lowest BCUT2D eigenvalue weighted by Gasteiger charge is -2.10. The number of esters is 1. The molecular weight excluding hydrogens is 387 g/mol. The molecule has 0 fully saturated rings. The van der Waals surface area contributed by atoms with Gasteiger partial charge in [-0.05, 0) is 17.7 Å². The van der Waals surface area contributed by atoms with Gasteiger partial charge in [-0.2, -0.15) is 0 Å². The predicted molar refractivity (Wildman–Crippen MR) is 110 cm³/mol. The number of methoxy groups -OCH3 is 1. The Labute approximate surface area is 173 Å². The number of nitrogens with two attached hydrogens (primary N) is 1. The molecule has 30 heavy (non-hydrogen) atoms. The molecule has 1 aromatic heterocycles. The van der Waals surface area contributed by atoms with E-state index in [1.165, 1.54) is 25.4 Å². The smallest absolute Gasteiger partial charge is 0.305 e. The van der Waals surface area contributed by atoms with Gasteiger partial charge in [0.15, 0.2) is 0 Å². The largest absolute Gasteiger partial charge is 0.469 e. The van der Waals surface area contributed by atoms with Crippen molar-refractivity contribution in [2.24, 2.45) is 0 Å². The monoisotopic (exact) mass is 408 g/mol. The maximum atomic E-state index is 14.6. The second-order valence-corrected chi connectivity index (χ2v) is 6.53. The van der Waals surface area contributed by atoms with E-state index in [1.807, 2.05) is 30.3 Å². The van der Waals surface area contributed by atoms with Crippen LogP contribution in [0.4, 0.5) is 10.2 Å². The van der Waals surface area contributed by atoms with Crippen molar-refractivity contribution in [1.29, 1.82) is 0 Å². The van der Waals surface area contributed by atoms with Gasteiger partial charge in [-0.15, -0.1) is 0 Å². The third-order valence-corrected chi connectivity index (χ3v) is 4.45. The quantitative estimate of drug-likeness (QED) is 0.582. The molecule has 8 heteroatoms. The molecular formula is C22H21FN4O3. The van der Waals surface area contributed by atoms with Crippen LogP contribution < -0.4 is 11.1 Å². The van der Waals surface area contributed by atoms with Crippen LogP contribution in [-0.4, -0.2) is 29.0 Å². The Morgan fingerprint density at radius 3 is 2.63 bits per heavy atom. The normalized spacial score (nSPS) is 10.5. The number of nitrogen functional groups attached to an aromatic ring is 1. The first-order chi connectivity index (χ1) is 14.5. The minimum Gasteiger partial charge on any atom is -0.469 e. The molecule has 3 aromatic rings. The summed E-state index contributed by atoms with van der Waals surface area (Å²) in [7, 11) is 1.31. The third-order valence-electron chi connectivity index (χ3n) is 4.45. The Balaban J connectivity index is 1.76. The lowest BCUT2D eigenvalue weighted by atomic mass is 10.1. The first-order valence-corrected chi connectivity index (χ1v) is 9.28. The van der Waals surface area contributed by atoms with Crippen LogP contribution in [0.15, 0.2) is 54.7 Å². The van der Waals surface area contributed by atoms with Gasteiger partial charge in [-0.25, -0.2) is 14.4 Å². The average Bonchev–Trinajstić information content (AvgIpc) is 2.77. The van der Waals surface area contributed by atoms with E-state index in [1.54, 1.807) is 6.07 Å². The van der Waals surface area contributed by atoms with Gasteiger partial charge < -0.3 is 15.8 Å². The van der Waals surface area contributed by atoms with E-state index in [-0.39, 0.29) is 29.5 Å². The Morgan fingerprint density at radius 1 is 1.17 bits per heavy atom. The minimum absolute atomic E-state index is 0.0805. The summed E-state index contributed by atoms with van der Waals surface area (Å²) >= 11 is 0. The highest BCUT2D eigenvalue weighted by Crippen LogP contribution is 2.25. The van der Waals surface area contributed by atoms with Crippen molar-refractivity contribution >= 4 is 17.7 Å². The van der Waals surface area contributed by atoms with Crippen LogP contribution in [0.2, 0.25) is 0 Å². The van der Waals surface area contributed by atoms with Crippen molar-refractivity contribution in [3.8, 4) is 11.3 Å². The van der Waals surface area contributed by atoms with Crippen LogP contribution in [0.3, 0.4) is 0 Å². The fourth-order valence-corrected chi connectivity index (χ4v) is 2.82. The predicted octanol–water partition coefficient (Wildman–Crippen LogP) is 2.90. The number of hydrogen-bond acceptors (Lipinski definition) is 6. The first-order valence-electron chi connectivity index (χ1n) is 9.28. The lowest BCUT2D eigenvalue weighted by molar-refractivity contribution is -0.140. The van der Waals surface area contributed by atoms with Gasteiger partial charge >= 0.3 is 5.97 Å². The molecule has 0 saturated heterocycles. The fraction of sp³-hybridized carbons (Fsp3) is 0.182. The van der Waals surface area contributed by atoms with Crippen LogP contribution in [-0.2, 0) is 22.5 Å². The van der Waals surface area contributed by atoms with Gasteiger partial charge in [-0.1, -0.05) is 36.4 Å². The Hall–Kier alpha value is -3.81. The van der Waals surface area contributed by atoms with Crippen LogP contribution in [0.1, 0.15) is 28.0 Å². The van der Waals surface area contributed by atoms with Crippen molar-refractivity contribution in [2.75, 3.05) is 12.8 Å². The number of hydrogen-bond donors (Lipinski definition) is 2. The molecule has 1 amide bonds. The van der Waals surface area contributed by atoms with Gasteiger partial charge in [-0.3, -0.25) is 9.59 Å². The summed E-state index contributed by atoms with van der Waals surface area (Å²) in [6, 6.07) is 13.5. The molecule has 0 unspecified atom stereocenters. The Morgan fingerprint density at radius 2 is 1.93 bits per heavy atom. The molecule has 0 bridgehead atoms. The fourth-order valence-electron chi connectivity index (χ4n) is 2.82. The summed E-state index contributed by atoms with van der Waals surface area (Å²) in [6.45, 7) is 0.293. The molecule has 0 aliphatic heterocycles. The Bertz CT molecular complexity index is 1060. The molecule has 0 aliphatic carbocycles. The molecule has 0 spiro atoms. The number of carbonyl (C=O) groups excluding carboxylic acids is 2. The number of amides is 1. The third kappa shape index (κ3) is 5.16. The zero-order valence-corrected chi connectivity index (χ0v) is 16.4. The number of nitrogens with one attached hydrogen (secondary N) is 1. The molecule has 0 atom stereocenters. The van der Waals surface area contributed by atoms with Crippen molar-refractivity contribution in [2.45, 2.75) is 19.4 Å². The maximum absolute atomic E-state index is 14.6. The summed E-state index contributed by atoms with van der Waals surface area (Å²) in [5.74, 6) is -1.46. The van der Waals surface area contributed by atoms with E-state index in [0.717, 1.165) is 5.56 Å². The van der Waals surface area contributed by atoms with E-state index in [2.05, 4.69) is 20.0 Å². The van der Waals surface area contributed by atoms with Gasteiger partial charge in [0.2, 0.25) is 0 Å². The molecule has 7 nitrogen and oxygen atoms in total. The highest BCUT2D eigenvalue weighted by atomic mass is 19.1. The lowest BCUT2D eigenvalue weighted by Crippen LogP contribution is -2.23.